The molecule has 2 nitrogen and oxygen atoms in total. The number of furan rings is 1. The Labute approximate surface area is 109 Å². The molecule has 0 N–H and O–H groups in total. The Hall–Kier alpha value is -1.70. The SMILES string of the molecule is COc1ccc(CCCCCc2ccco2)cc1. The van der Waals surface area contributed by atoms with Crippen LogP contribution in [0.25, 0.3) is 0 Å². The number of benzene rings is 1. The fourth-order valence-electron chi connectivity index (χ4n) is 2.05. The van der Waals surface area contributed by atoms with Gasteiger partial charge in [-0.25, -0.2) is 0 Å². The third-order valence-corrected chi connectivity index (χ3v) is 3.13. The maximum Gasteiger partial charge on any atom is 0.118 e. The van der Waals surface area contributed by atoms with Crippen LogP contribution in [0.1, 0.15) is 30.6 Å². The first kappa shape index (κ1) is 12.7. The number of aryl methyl sites for hydroxylation is 2. The molecule has 2 aromatic rings. The molecule has 2 rings (SSSR count). The molecule has 0 saturated carbocycles. The Morgan fingerprint density at radius 3 is 2.39 bits per heavy atom. The van der Waals surface area contributed by atoms with Gasteiger partial charge in [0.15, 0.2) is 0 Å². The maximum atomic E-state index is 5.31. The molecular formula is C16H20O2. The van der Waals surface area contributed by atoms with Crippen LogP contribution in [0.4, 0.5) is 0 Å². The Bertz CT molecular complexity index is 429. The summed E-state index contributed by atoms with van der Waals surface area (Å²) in [7, 11) is 1.70. The molecule has 1 heterocycles. The van der Waals surface area contributed by atoms with Gasteiger partial charge in [-0.1, -0.05) is 18.6 Å². The fraction of sp³-hybridized carbons (Fsp3) is 0.375. The van der Waals surface area contributed by atoms with Crippen molar-refractivity contribution in [1.82, 2.24) is 0 Å². The predicted molar refractivity (Wildman–Crippen MR) is 73.0 cm³/mol. The third kappa shape index (κ3) is 3.95. The van der Waals surface area contributed by atoms with Gasteiger partial charge in [0.05, 0.1) is 13.4 Å². The largest absolute Gasteiger partial charge is 0.497 e. The highest BCUT2D eigenvalue weighted by molar-refractivity contribution is 5.27. The molecule has 0 unspecified atom stereocenters. The van der Waals surface area contributed by atoms with Crippen molar-refractivity contribution in [3.05, 3.63) is 54.0 Å². The second kappa shape index (κ2) is 6.90. The summed E-state index contributed by atoms with van der Waals surface area (Å²) in [5, 5.41) is 0. The lowest BCUT2D eigenvalue weighted by Gasteiger charge is -2.03. The van der Waals surface area contributed by atoms with Gasteiger partial charge in [-0.3, -0.25) is 0 Å². The molecule has 0 fully saturated rings. The highest BCUT2D eigenvalue weighted by Crippen LogP contribution is 2.14. The lowest BCUT2D eigenvalue weighted by atomic mass is 10.1. The van der Waals surface area contributed by atoms with E-state index < -0.39 is 0 Å². The smallest absolute Gasteiger partial charge is 0.118 e. The first-order valence-electron chi connectivity index (χ1n) is 6.54. The Morgan fingerprint density at radius 2 is 1.72 bits per heavy atom. The van der Waals surface area contributed by atoms with Crippen molar-refractivity contribution < 1.29 is 9.15 Å². The summed E-state index contributed by atoms with van der Waals surface area (Å²) in [6, 6.07) is 12.3. The van der Waals surface area contributed by atoms with Gasteiger partial charge >= 0.3 is 0 Å². The van der Waals surface area contributed by atoms with Gasteiger partial charge in [0.2, 0.25) is 0 Å². The van der Waals surface area contributed by atoms with Gasteiger partial charge < -0.3 is 9.15 Å². The third-order valence-electron chi connectivity index (χ3n) is 3.13. The van der Waals surface area contributed by atoms with E-state index >= 15 is 0 Å². The van der Waals surface area contributed by atoms with Crippen LogP contribution in [0.5, 0.6) is 5.75 Å². The van der Waals surface area contributed by atoms with Gasteiger partial charge in [-0.05, 0) is 49.1 Å². The molecule has 0 spiro atoms. The number of ether oxygens (including phenoxy) is 1. The van der Waals surface area contributed by atoms with E-state index in [0.29, 0.717) is 0 Å². The van der Waals surface area contributed by atoms with Gasteiger partial charge in [0.1, 0.15) is 11.5 Å². The quantitative estimate of drug-likeness (QED) is 0.679. The van der Waals surface area contributed by atoms with Crippen LogP contribution in [-0.4, -0.2) is 7.11 Å². The van der Waals surface area contributed by atoms with Crippen molar-refractivity contribution in [3.63, 3.8) is 0 Å². The summed E-state index contributed by atoms with van der Waals surface area (Å²) in [6.45, 7) is 0. The summed E-state index contributed by atoms with van der Waals surface area (Å²) in [5.74, 6) is 2.02. The van der Waals surface area contributed by atoms with Crippen molar-refractivity contribution >= 4 is 0 Å². The van der Waals surface area contributed by atoms with E-state index in [2.05, 4.69) is 12.1 Å². The minimum atomic E-state index is 0.927. The summed E-state index contributed by atoms with van der Waals surface area (Å²) < 4.78 is 10.5. The van der Waals surface area contributed by atoms with E-state index in [9.17, 15) is 0 Å². The lowest BCUT2D eigenvalue weighted by molar-refractivity contribution is 0.414. The van der Waals surface area contributed by atoms with Crippen LogP contribution < -0.4 is 4.74 Å². The van der Waals surface area contributed by atoms with Crippen LogP contribution >= 0.6 is 0 Å². The maximum absolute atomic E-state index is 5.31. The molecule has 0 amide bonds. The first-order chi connectivity index (χ1) is 8.88. The zero-order valence-electron chi connectivity index (χ0n) is 10.9. The number of hydrogen-bond donors (Lipinski definition) is 0. The molecule has 0 saturated heterocycles. The van der Waals surface area contributed by atoms with Crippen molar-refractivity contribution in [3.8, 4) is 5.75 Å². The fourth-order valence-corrected chi connectivity index (χ4v) is 2.05. The molecule has 0 atom stereocenters. The summed E-state index contributed by atoms with van der Waals surface area (Å²) in [6.07, 6.45) is 7.61. The molecule has 0 aliphatic heterocycles. The number of methoxy groups -OCH3 is 1. The lowest BCUT2D eigenvalue weighted by Crippen LogP contribution is -1.88. The average molecular weight is 244 g/mol. The van der Waals surface area contributed by atoms with Crippen LogP contribution in [0, 0.1) is 0 Å². The number of hydrogen-bond acceptors (Lipinski definition) is 2. The predicted octanol–water partition coefficient (Wildman–Crippen LogP) is 4.24. The molecule has 1 aromatic heterocycles. The van der Waals surface area contributed by atoms with Crippen molar-refractivity contribution in [2.45, 2.75) is 32.1 Å². The van der Waals surface area contributed by atoms with Crippen LogP contribution in [0.3, 0.4) is 0 Å². The highest BCUT2D eigenvalue weighted by Gasteiger charge is 1.97. The molecule has 0 aliphatic carbocycles. The molecule has 0 aliphatic rings. The molecule has 1 aromatic carbocycles. The summed E-state index contributed by atoms with van der Waals surface area (Å²) in [5.41, 5.74) is 1.38. The van der Waals surface area contributed by atoms with Crippen molar-refractivity contribution in [2.75, 3.05) is 7.11 Å². The van der Waals surface area contributed by atoms with E-state index in [1.54, 1.807) is 13.4 Å². The van der Waals surface area contributed by atoms with E-state index in [0.717, 1.165) is 24.4 Å². The minimum absolute atomic E-state index is 0.927. The molecular weight excluding hydrogens is 224 g/mol. The summed E-state index contributed by atoms with van der Waals surface area (Å²) >= 11 is 0. The topological polar surface area (TPSA) is 22.4 Å². The van der Waals surface area contributed by atoms with Crippen LogP contribution in [0.15, 0.2) is 47.1 Å². The second-order valence-electron chi connectivity index (χ2n) is 4.49. The molecule has 0 bridgehead atoms. The standard InChI is InChI=1S/C16H20O2/c1-17-15-11-9-14(10-12-15)6-3-2-4-7-16-8-5-13-18-16/h5,8-13H,2-4,6-7H2,1H3. The van der Waals surface area contributed by atoms with E-state index in [1.807, 2.05) is 24.3 Å². The molecule has 96 valence electrons. The zero-order chi connectivity index (χ0) is 12.6. The molecule has 18 heavy (non-hydrogen) atoms. The number of unbranched alkanes of at least 4 members (excludes halogenated alkanes) is 2. The van der Waals surface area contributed by atoms with Crippen LogP contribution in [-0.2, 0) is 12.8 Å². The monoisotopic (exact) mass is 244 g/mol. The zero-order valence-corrected chi connectivity index (χ0v) is 10.9. The summed E-state index contributed by atoms with van der Waals surface area (Å²) in [4.78, 5) is 0. The van der Waals surface area contributed by atoms with Crippen molar-refractivity contribution in [1.29, 1.82) is 0 Å². The van der Waals surface area contributed by atoms with E-state index in [4.69, 9.17) is 9.15 Å². The first-order valence-corrected chi connectivity index (χ1v) is 6.54. The van der Waals surface area contributed by atoms with E-state index in [-0.39, 0.29) is 0 Å². The Balaban J connectivity index is 1.62. The Morgan fingerprint density at radius 1 is 0.944 bits per heavy atom. The minimum Gasteiger partial charge on any atom is -0.497 e. The average Bonchev–Trinajstić information content (AvgIpc) is 2.92. The van der Waals surface area contributed by atoms with Gasteiger partial charge in [-0.2, -0.15) is 0 Å². The second-order valence-corrected chi connectivity index (χ2v) is 4.49. The van der Waals surface area contributed by atoms with Gasteiger partial charge in [0.25, 0.3) is 0 Å². The van der Waals surface area contributed by atoms with Crippen molar-refractivity contribution in [2.24, 2.45) is 0 Å². The van der Waals surface area contributed by atoms with Gasteiger partial charge in [-0.15, -0.1) is 0 Å². The van der Waals surface area contributed by atoms with Crippen LogP contribution in [0.2, 0.25) is 0 Å². The normalized spacial score (nSPS) is 10.5. The molecule has 0 radical (unpaired) electrons. The van der Waals surface area contributed by atoms with Gasteiger partial charge in [0, 0.05) is 6.42 Å². The number of rotatable bonds is 7. The highest BCUT2D eigenvalue weighted by atomic mass is 16.5. The molecule has 2 heteroatoms. The van der Waals surface area contributed by atoms with E-state index in [1.165, 1.54) is 24.8 Å². The Kier molecular flexibility index (Phi) is 4.88.